The highest BCUT2D eigenvalue weighted by molar-refractivity contribution is 6.02. The molecule has 0 unspecified atom stereocenters. The molecule has 0 aliphatic carbocycles. The lowest BCUT2D eigenvalue weighted by Crippen LogP contribution is -2.44. The molecule has 0 atom stereocenters. The van der Waals surface area contributed by atoms with Gasteiger partial charge in [0.2, 0.25) is 5.78 Å². The third-order valence-electron chi connectivity index (χ3n) is 2.21. The molecule has 0 fully saturated rings. The summed E-state index contributed by atoms with van der Waals surface area (Å²) in [7, 11) is 1.07. The summed E-state index contributed by atoms with van der Waals surface area (Å²) in [5.41, 5.74) is -0.927. The van der Waals surface area contributed by atoms with Crippen molar-refractivity contribution in [2.75, 3.05) is 7.11 Å². The molecule has 0 saturated heterocycles. The fourth-order valence-corrected chi connectivity index (χ4v) is 1.19. The largest absolute Gasteiger partial charge is 0.465 e. The van der Waals surface area contributed by atoms with Crippen LogP contribution in [0.15, 0.2) is 24.3 Å². The van der Waals surface area contributed by atoms with E-state index in [2.05, 4.69) is 4.74 Å². The van der Waals surface area contributed by atoms with Gasteiger partial charge >= 0.3 is 18.1 Å². The fraction of sp³-hybridized carbons (Fsp3) is 0.273. The van der Waals surface area contributed by atoms with Crippen LogP contribution in [-0.2, 0) is 4.74 Å². The van der Waals surface area contributed by atoms with Crippen LogP contribution in [0, 0.1) is 0 Å². The second kappa shape index (κ2) is 4.94. The standard InChI is InChI=1S/C11H7F5O3/c1-19-9(18)7-4-2-6(3-5-7)8(17)10(12,13)11(14,15)16/h2-5H,1H3. The summed E-state index contributed by atoms with van der Waals surface area (Å²) in [6.07, 6.45) is -5.97. The topological polar surface area (TPSA) is 43.4 Å². The first-order valence-electron chi connectivity index (χ1n) is 4.79. The number of alkyl halides is 5. The van der Waals surface area contributed by atoms with Crippen LogP contribution in [0.1, 0.15) is 20.7 Å². The molecule has 0 aliphatic heterocycles. The number of ketones is 1. The van der Waals surface area contributed by atoms with Gasteiger partial charge in [0, 0.05) is 5.56 Å². The summed E-state index contributed by atoms with van der Waals surface area (Å²) in [6, 6.07) is 3.25. The minimum Gasteiger partial charge on any atom is -0.465 e. The van der Waals surface area contributed by atoms with Crippen molar-refractivity contribution in [2.45, 2.75) is 12.1 Å². The number of hydrogen-bond acceptors (Lipinski definition) is 3. The van der Waals surface area contributed by atoms with Crippen LogP contribution in [0.25, 0.3) is 0 Å². The average Bonchev–Trinajstić information content (AvgIpc) is 2.35. The summed E-state index contributed by atoms with van der Waals surface area (Å²) >= 11 is 0. The van der Waals surface area contributed by atoms with E-state index >= 15 is 0 Å². The van der Waals surface area contributed by atoms with E-state index in [0.29, 0.717) is 12.1 Å². The predicted molar refractivity (Wildman–Crippen MR) is 53.1 cm³/mol. The maximum atomic E-state index is 12.8. The molecule has 8 heteroatoms. The first-order chi connectivity index (χ1) is 8.61. The van der Waals surface area contributed by atoms with Crippen LogP contribution in [0.2, 0.25) is 0 Å². The number of halogens is 5. The molecule has 0 aromatic heterocycles. The van der Waals surface area contributed by atoms with E-state index < -0.39 is 29.4 Å². The van der Waals surface area contributed by atoms with Crippen LogP contribution >= 0.6 is 0 Å². The van der Waals surface area contributed by atoms with E-state index in [0.717, 1.165) is 19.2 Å². The zero-order valence-electron chi connectivity index (χ0n) is 9.42. The fourth-order valence-electron chi connectivity index (χ4n) is 1.19. The summed E-state index contributed by atoms with van der Waals surface area (Å²) in [4.78, 5) is 22.1. The summed E-state index contributed by atoms with van der Waals surface area (Å²) in [6.45, 7) is 0. The Kier molecular flexibility index (Phi) is 3.92. The number of carbonyl (C=O) groups is 2. The van der Waals surface area contributed by atoms with Gasteiger partial charge in [0.25, 0.3) is 0 Å². The molecule has 0 amide bonds. The molecule has 0 radical (unpaired) electrons. The highest BCUT2D eigenvalue weighted by atomic mass is 19.4. The van der Waals surface area contributed by atoms with Crippen molar-refractivity contribution < 1.29 is 36.3 Å². The van der Waals surface area contributed by atoms with Gasteiger partial charge in [0.15, 0.2) is 0 Å². The predicted octanol–water partition coefficient (Wildman–Crippen LogP) is 2.85. The molecule has 1 aromatic rings. The van der Waals surface area contributed by atoms with E-state index in [1.165, 1.54) is 0 Å². The Bertz CT molecular complexity index is 490. The van der Waals surface area contributed by atoms with E-state index in [9.17, 15) is 31.5 Å². The minimum atomic E-state index is -5.97. The smallest absolute Gasteiger partial charge is 0.461 e. The van der Waals surface area contributed by atoms with Crippen molar-refractivity contribution >= 4 is 11.8 Å². The molecule has 0 heterocycles. The van der Waals surface area contributed by atoms with Crippen molar-refractivity contribution in [3.05, 3.63) is 35.4 Å². The molecule has 0 spiro atoms. The number of carbonyl (C=O) groups excluding carboxylic acids is 2. The molecule has 104 valence electrons. The van der Waals surface area contributed by atoms with Gasteiger partial charge in [-0.05, 0) is 12.1 Å². The van der Waals surface area contributed by atoms with Crippen molar-refractivity contribution in [1.29, 1.82) is 0 Å². The lowest BCUT2D eigenvalue weighted by Gasteiger charge is -2.18. The summed E-state index contributed by atoms with van der Waals surface area (Å²) in [5, 5.41) is 0. The van der Waals surface area contributed by atoms with Gasteiger partial charge in [-0.2, -0.15) is 22.0 Å². The second-order valence-electron chi connectivity index (χ2n) is 3.47. The molecule has 19 heavy (non-hydrogen) atoms. The normalized spacial score (nSPS) is 12.1. The Morgan fingerprint density at radius 2 is 1.37 bits per heavy atom. The zero-order chi connectivity index (χ0) is 14.8. The van der Waals surface area contributed by atoms with Crippen molar-refractivity contribution in [3.63, 3.8) is 0 Å². The minimum absolute atomic E-state index is 0.0747. The van der Waals surface area contributed by atoms with Crippen molar-refractivity contribution in [1.82, 2.24) is 0 Å². The van der Waals surface area contributed by atoms with Gasteiger partial charge in [-0.1, -0.05) is 12.1 Å². The number of hydrogen-bond donors (Lipinski definition) is 0. The van der Waals surface area contributed by atoms with E-state index in [1.54, 1.807) is 0 Å². The van der Waals surface area contributed by atoms with E-state index in [-0.39, 0.29) is 5.56 Å². The summed E-state index contributed by atoms with van der Waals surface area (Å²) in [5.74, 6) is -8.65. The molecule has 0 N–H and O–H groups in total. The molecule has 3 nitrogen and oxygen atoms in total. The van der Waals surface area contributed by atoms with Crippen LogP contribution in [0.5, 0.6) is 0 Å². The number of Topliss-reactive ketones (excluding diaryl/α,β-unsaturated/α-hetero) is 1. The highest BCUT2D eigenvalue weighted by Gasteiger charge is 2.63. The van der Waals surface area contributed by atoms with Gasteiger partial charge in [-0.25, -0.2) is 4.79 Å². The maximum Gasteiger partial charge on any atom is 0.461 e. The Morgan fingerprint density at radius 3 is 1.74 bits per heavy atom. The Balaban J connectivity index is 3.06. The van der Waals surface area contributed by atoms with Gasteiger partial charge in [-0.15, -0.1) is 0 Å². The molecule has 0 saturated carbocycles. The first kappa shape index (κ1) is 15.1. The van der Waals surface area contributed by atoms with E-state index in [4.69, 9.17) is 0 Å². The third kappa shape index (κ3) is 2.88. The lowest BCUT2D eigenvalue weighted by atomic mass is 10.0. The molecule has 0 aliphatic rings. The maximum absolute atomic E-state index is 12.8. The quantitative estimate of drug-likeness (QED) is 0.486. The van der Waals surface area contributed by atoms with Crippen LogP contribution < -0.4 is 0 Å². The van der Waals surface area contributed by atoms with Crippen LogP contribution in [0.3, 0.4) is 0 Å². The van der Waals surface area contributed by atoms with Gasteiger partial charge in [0.1, 0.15) is 0 Å². The Morgan fingerprint density at radius 1 is 0.947 bits per heavy atom. The van der Waals surface area contributed by atoms with Crippen molar-refractivity contribution in [3.8, 4) is 0 Å². The van der Waals surface area contributed by atoms with Crippen LogP contribution in [0.4, 0.5) is 22.0 Å². The Hall–Kier alpha value is -1.99. The number of ether oxygens (including phenoxy) is 1. The lowest BCUT2D eigenvalue weighted by molar-refractivity contribution is -0.255. The van der Waals surface area contributed by atoms with Crippen molar-refractivity contribution in [2.24, 2.45) is 0 Å². The number of methoxy groups -OCH3 is 1. The number of esters is 1. The van der Waals surface area contributed by atoms with Gasteiger partial charge < -0.3 is 4.74 Å². The number of rotatable bonds is 3. The SMILES string of the molecule is COC(=O)c1ccc(C(=O)C(F)(F)C(F)(F)F)cc1. The van der Waals surface area contributed by atoms with Crippen LogP contribution in [-0.4, -0.2) is 31.0 Å². The monoisotopic (exact) mass is 282 g/mol. The van der Waals surface area contributed by atoms with Gasteiger partial charge in [-0.3, -0.25) is 4.79 Å². The third-order valence-corrected chi connectivity index (χ3v) is 2.21. The average molecular weight is 282 g/mol. The molecule has 1 rings (SSSR count). The molecular weight excluding hydrogens is 275 g/mol. The molecule has 1 aromatic carbocycles. The second-order valence-corrected chi connectivity index (χ2v) is 3.47. The Labute approximate surface area is 104 Å². The first-order valence-corrected chi connectivity index (χ1v) is 4.79. The zero-order valence-corrected chi connectivity index (χ0v) is 9.42. The molecule has 0 bridgehead atoms. The van der Waals surface area contributed by atoms with E-state index in [1.807, 2.05) is 0 Å². The highest BCUT2D eigenvalue weighted by Crippen LogP contribution is 2.37. The van der Waals surface area contributed by atoms with Gasteiger partial charge in [0.05, 0.1) is 12.7 Å². The number of benzene rings is 1. The summed E-state index contributed by atoms with van der Waals surface area (Å²) < 4.78 is 65.8. The molecular formula is C11H7F5O3.